The van der Waals surface area contributed by atoms with Crippen molar-refractivity contribution in [2.24, 2.45) is 0 Å². The van der Waals surface area contributed by atoms with Crippen LogP contribution in [0.15, 0.2) is 35.5 Å². The predicted octanol–water partition coefficient (Wildman–Crippen LogP) is 1.66. The monoisotopic (exact) mass is 387 g/mol. The quantitative estimate of drug-likeness (QED) is 0.727. The van der Waals surface area contributed by atoms with Gasteiger partial charge in [-0.15, -0.1) is 0 Å². The van der Waals surface area contributed by atoms with E-state index < -0.39 is 9.84 Å². The number of fused-ring (bicyclic) bond motifs is 1. The molecule has 1 aromatic carbocycles. The highest BCUT2D eigenvalue weighted by Crippen LogP contribution is 2.28. The Labute approximate surface area is 157 Å². The average Bonchev–Trinajstić information content (AvgIpc) is 3.00. The van der Waals surface area contributed by atoms with Crippen LogP contribution in [0.3, 0.4) is 0 Å². The summed E-state index contributed by atoms with van der Waals surface area (Å²) in [5.41, 5.74) is 2.13. The Hall–Kier alpha value is -2.52. The molecule has 0 amide bonds. The Kier molecular flexibility index (Phi) is 4.56. The molecule has 4 rings (SSSR count). The number of nitrogens with one attached hydrogen (secondary N) is 1. The molecule has 0 spiro atoms. The summed E-state index contributed by atoms with van der Waals surface area (Å²) in [7, 11) is -3.24. The van der Waals surface area contributed by atoms with Gasteiger partial charge in [0.2, 0.25) is 5.88 Å². The van der Waals surface area contributed by atoms with Crippen molar-refractivity contribution in [1.82, 2.24) is 25.1 Å². The number of sulfone groups is 1. The topological polar surface area (TPSA) is 99.0 Å². The summed E-state index contributed by atoms with van der Waals surface area (Å²) < 4.78 is 31.2. The molecular formula is C18H21N5O3S. The summed E-state index contributed by atoms with van der Waals surface area (Å²) in [6, 6.07) is 6.58. The van der Waals surface area contributed by atoms with Gasteiger partial charge >= 0.3 is 0 Å². The SMILES string of the molecule is Cc1nn(-c2ccc(S(C)(=O)=O)cc2)c2ncnc(OC3CCNCC3)c12. The highest BCUT2D eigenvalue weighted by atomic mass is 32.2. The maximum Gasteiger partial charge on any atom is 0.228 e. The minimum absolute atomic E-state index is 0.126. The van der Waals surface area contributed by atoms with E-state index in [9.17, 15) is 8.42 Å². The molecule has 1 aliphatic heterocycles. The molecule has 2 aromatic heterocycles. The molecule has 27 heavy (non-hydrogen) atoms. The van der Waals surface area contributed by atoms with Crippen molar-refractivity contribution in [3.8, 4) is 11.6 Å². The van der Waals surface area contributed by atoms with Crippen molar-refractivity contribution in [2.75, 3.05) is 19.3 Å². The van der Waals surface area contributed by atoms with Crippen LogP contribution in [-0.4, -0.2) is 53.6 Å². The molecular weight excluding hydrogens is 366 g/mol. The highest BCUT2D eigenvalue weighted by molar-refractivity contribution is 7.90. The van der Waals surface area contributed by atoms with Crippen LogP contribution >= 0.6 is 0 Å². The summed E-state index contributed by atoms with van der Waals surface area (Å²) in [4.78, 5) is 8.98. The fraction of sp³-hybridized carbons (Fsp3) is 0.389. The summed E-state index contributed by atoms with van der Waals surface area (Å²) in [5, 5.41) is 8.68. The first kappa shape index (κ1) is 17.9. The van der Waals surface area contributed by atoms with E-state index in [0.717, 1.165) is 42.7 Å². The number of benzene rings is 1. The van der Waals surface area contributed by atoms with Crippen LogP contribution in [0, 0.1) is 6.92 Å². The zero-order chi connectivity index (χ0) is 19.0. The van der Waals surface area contributed by atoms with Gasteiger partial charge in [-0.3, -0.25) is 0 Å². The zero-order valence-corrected chi connectivity index (χ0v) is 16.0. The van der Waals surface area contributed by atoms with Crippen LogP contribution < -0.4 is 10.1 Å². The first-order valence-electron chi connectivity index (χ1n) is 8.81. The molecule has 3 aromatic rings. The van der Waals surface area contributed by atoms with Crippen LogP contribution in [0.1, 0.15) is 18.5 Å². The number of nitrogens with zero attached hydrogens (tertiary/aromatic N) is 4. The second-order valence-electron chi connectivity index (χ2n) is 6.71. The van der Waals surface area contributed by atoms with Gasteiger partial charge in [0.15, 0.2) is 15.5 Å². The molecule has 142 valence electrons. The minimum Gasteiger partial charge on any atom is -0.474 e. The maximum absolute atomic E-state index is 11.7. The maximum atomic E-state index is 11.7. The van der Waals surface area contributed by atoms with E-state index in [4.69, 9.17) is 4.74 Å². The number of hydrogen-bond acceptors (Lipinski definition) is 7. The Morgan fingerprint density at radius 2 is 1.85 bits per heavy atom. The predicted molar refractivity (Wildman–Crippen MR) is 101 cm³/mol. The Bertz CT molecular complexity index is 1070. The van der Waals surface area contributed by atoms with Gasteiger partial charge in [-0.1, -0.05) is 0 Å². The molecule has 1 aliphatic rings. The number of piperidine rings is 1. The van der Waals surface area contributed by atoms with E-state index >= 15 is 0 Å². The Morgan fingerprint density at radius 1 is 1.15 bits per heavy atom. The fourth-order valence-corrected chi connectivity index (χ4v) is 3.89. The minimum atomic E-state index is -3.24. The molecule has 0 saturated carbocycles. The highest BCUT2D eigenvalue weighted by Gasteiger charge is 2.21. The van der Waals surface area contributed by atoms with Crippen molar-refractivity contribution < 1.29 is 13.2 Å². The van der Waals surface area contributed by atoms with Gasteiger partial charge in [-0.05, 0) is 57.1 Å². The van der Waals surface area contributed by atoms with Gasteiger partial charge in [-0.25, -0.2) is 23.1 Å². The van der Waals surface area contributed by atoms with E-state index in [1.165, 1.54) is 12.6 Å². The smallest absolute Gasteiger partial charge is 0.228 e. The number of aryl methyl sites for hydroxylation is 1. The lowest BCUT2D eigenvalue weighted by atomic mass is 10.1. The van der Waals surface area contributed by atoms with Gasteiger partial charge < -0.3 is 10.1 Å². The molecule has 0 aliphatic carbocycles. The van der Waals surface area contributed by atoms with Gasteiger partial charge in [0.1, 0.15) is 17.8 Å². The standard InChI is InChI=1S/C18H21N5O3S/c1-12-16-17(20-11-21-18(16)26-14-7-9-19-10-8-14)23(22-12)13-3-5-15(6-4-13)27(2,24)25/h3-6,11,14,19H,7-10H2,1-2H3. The first-order valence-corrected chi connectivity index (χ1v) is 10.7. The van der Waals surface area contributed by atoms with E-state index in [0.29, 0.717) is 11.5 Å². The zero-order valence-electron chi connectivity index (χ0n) is 15.2. The molecule has 9 heteroatoms. The van der Waals surface area contributed by atoms with E-state index in [-0.39, 0.29) is 11.0 Å². The van der Waals surface area contributed by atoms with Crippen LogP contribution in [0.4, 0.5) is 0 Å². The third-order valence-electron chi connectivity index (χ3n) is 4.68. The molecule has 8 nitrogen and oxygen atoms in total. The molecule has 0 unspecified atom stereocenters. The normalized spacial score (nSPS) is 15.9. The number of rotatable bonds is 4. The molecule has 1 fully saturated rings. The van der Waals surface area contributed by atoms with E-state index in [1.54, 1.807) is 28.9 Å². The second kappa shape index (κ2) is 6.90. The van der Waals surface area contributed by atoms with Crippen LogP contribution in [0.25, 0.3) is 16.7 Å². The van der Waals surface area contributed by atoms with Crippen molar-refractivity contribution in [3.05, 3.63) is 36.3 Å². The molecule has 1 N–H and O–H groups in total. The van der Waals surface area contributed by atoms with Crippen molar-refractivity contribution in [1.29, 1.82) is 0 Å². The van der Waals surface area contributed by atoms with Crippen LogP contribution in [0.2, 0.25) is 0 Å². The number of ether oxygens (including phenoxy) is 1. The molecule has 0 atom stereocenters. The average molecular weight is 387 g/mol. The fourth-order valence-electron chi connectivity index (χ4n) is 3.26. The van der Waals surface area contributed by atoms with Crippen molar-refractivity contribution >= 4 is 20.9 Å². The third kappa shape index (κ3) is 3.52. The summed E-state index contributed by atoms with van der Waals surface area (Å²) in [5.74, 6) is 0.545. The lowest BCUT2D eigenvalue weighted by Crippen LogP contribution is -2.34. The summed E-state index contributed by atoms with van der Waals surface area (Å²) in [6.45, 7) is 3.76. The third-order valence-corrected chi connectivity index (χ3v) is 5.81. The molecule has 0 radical (unpaired) electrons. The van der Waals surface area contributed by atoms with Crippen molar-refractivity contribution in [2.45, 2.75) is 30.8 Å². The summed E-state index contributed by atoms with van der Waals surface area (Å²) in [6.07, 6.45) is 4.66. The van der Waals surface area contributed by atoms with E-state index in [1.807, 2.05) is 6.92 Å². The first-order chi connectivity index (χ1) is 12.9. The number of hydrogen-bond donors (Lipinski definition) is 1. The number of aromatic nitrogens is 4. The van der Waals surface area contributed by atoms with Crippen LogP contribution in [0.5, 0.6) is 5.88 Å². The van der Waals surface area contributed by atoms with Crippen molar-refractivity contribution in [3.63, 3.8) is 0 Å². The van der Waals surface area contributed by atoms with Gasteiger partial charge in [-0.2, -0.15) is 5.10 Å². The molecule has 1 saturated heterocycles. The Balaban J connectivity index is 1.73. The lowest BCUT2D eigenvalue weighted by Gasteiger charge is -2.23. The largest absolute Gasteiger partial charge is 0.474 e. The lowest BCUT2D eigenvalue weighted by molar-refractivity contribution is 0.158. The summed E-state index contributed by atoms with van der Waals surface area (Å²) >= 11 is 0. The van der Waals surface area contributed by atoms with Gasteiger partial charge in [0, 0.05) is 6.26 Å². The Morgan fingerprint density at radius 3 is 2.52 bits per heavy atom. The van der Waals surface area contributed by atoms with Gasteiger partial charge in [0.25, 0.3) is 0 Å². The van der Waals surface area contributed by atoms with Crippen LogP contribution in [-0.2, 0) is 9.84 Å². The second-order valence-corrected chi connectivity index (χ2v) is 8.72. The molecule has 0 bridgehead atoms. The van der Waals surface area contributed by atoms with Gasteiger partial charge in [0.05, 0.1) is 16.3 Å². The van der Waals surface area contributed by atoms with E-state index in [2.05, 4.69) is 20.4 Å². The molecule has 3 heterocycles.